The molecule has 3 heterocycles. The lowest BCUT2D eigenvalue weighted by atomic mass is 10.1. The van der Waals surface area contributed by atoms with Crippen molar-refractivity contribution in [1.29, 1.82) is 0 Å². The number of aromatic nitrogens is 2. The molecule has 0 bridgehead atoms. The second-order valence-electron chi connectivity index (χ2n) is 7.02. The molecule has 1 N–H and O–H groups in total. The number of nitrogens with one attached hydrogen (secondary N) is 1. The molecule has 1 saturated heterocycles. The standard InChI is InChI=1S/C21H25N5S/c1-16-6-7-18(13-17(16)2)23-21-24-19(15-27-21)14-25-9-11-26(12-10-25)20-5-3-4-8-22-20/h3-8,13,15H,9-12,14H2,1-2H3,(H,23,24). The third-order valence-corrected chi connectivity index (χ3v) is 5.85. The Morgan fingerprint density at radius 2 is 1.89 bits per heavy atom. The Bertz CT molecular complexity index is 885. The fraction of sp³-hybridized carbons (Fsp3) is 0.333. The monoisotopic (exact) mass is 379 g/mol. The highest BCUT2D eigenvalue weighted by molar-refractivity contribution is 7.13. The van der Waals surface area contributed by atoms with Gasteiger partial charge in [0.05, 0.1) is 5.69 Å². The van der Waals surface area contributed by atoms with E-state index in [1.54, 1.807) is 11.3 Å². The van der Waals surface area contributed by atoms with Gasteiger partial charge >= 0.3 is 0 Å². The molecular weight excluding hydrogens is 354 g/mol. The molecule has 0 amide bonds. The number of anilines is 3. The molecule has 1 aliphatic heterocycles. The summed E-state index contributed by atoms with van der Waals surface area (Å²) in [5, 5.41) is 6.55. The minimum absolute atomic E-state index is 0.904. The Morgan fingerprint density at radius 3 is 2.63 bits per heavy atom. The zero-order chi connectivity index (χ0) is 18.6. The number of hydrogen-bond acceptors (Lipinski definition) is 6. The zero-order valence-electron chi connectivity index (χ0n) is 15.9. The highest BCUT2D eigenvalue weighted by Crippen LogP contribution is 2.24. The summed E-state index contributed by atoms with van der Waals surface area (Å²) in [6.07, 6.45) is 1.86. The Hall–Kier alpha value is -2.44. The van der Waals surface area contributed by atoms with Gasteiger partial charge in [0.25, 0.3) is 0 Å². The second-order valence-corrected chi connectivity index (χ2v) is 7.88. The van der Waals surface area contributed by atoms with E-state index in [1.807, 2.05) is 18.3 Å². The van der Waals surface area contributed by atoms with Gasteiger partial charge in [-0.2, -0.15) is 0 Å². The van der Waals surface area contributed by atoms with E-state index in [0.717, 1.165) is 55.1 Å². The molecule has 27 heavy (non-hydrogen) atoms. The van der Waals surface area contributed by atoms with Crippen molar-refractivity contribution in [1.82, 2.24) is 14.9 Å². The van der Waals surface area contributed by atoms with Crippen molar-refractivity contribution < 1.29 is 0 Å². The SMILES string of the molecule is Cc1ccc(Nc2nc(CN3CCN(c4ccccn4)CC3)cs2)cc1C. The predicted octanol–water partition coefficient (Wildman–Crippen LogP) is 4.22. The van der Waals surface area contributed by atoms with Crippen LogP contribution in [0.15, 0.2) is 48.0 Å². The Kier molecular flexibility index (Phi) is 5.36. The van der Waals surface area contributed by atoms with Gasteiger partial charge in [-0.1, -0.05) is 12.1 Å². The Morgan fingerprint density at radius 1 is 1.04 bits per heavy atom. The van der Waals surface area contributed by atoms with E-state index in [-0.39, 0.29) is 0 Å². The third-order valence-electron chi connectivity index (χ3n) is 5.04. The summed E-state index contributed by atoms with van der Waals surface area (Å²) >= 11 is 1.67. The van der Waals surface area contributed by atoms with E-state index in [0.29, 0.717) is 0 Å². The summed E-state index contributed by atoms with van der Waals surface area (Å²) in [6.45, 7) is 9.26. The van der Waals surface area contributed by atoms with Crippen LogP contribution in [0.3, 0.4) is 0 Å². The predicted molar refractivity (Wildman–Crippen MR) is 113 cm³/mol. The smallest absolute Gasteiger partial charge is 0.187 e. The number of nitrogens with zero attached hydrogens (tertiary/aromatic N) is 4. The highest BCUT2D eigenvalue weighted by atomic mass is 32.1. The second kappa shape index (κ2) is 8.06. The molecule has 0 atom stereocenters. The molecule has 4 rings (SSSR count). The van der Waals surface area contributed by atoms with Crippen LogP contribution in [0.25, 0.3) is 0 Å². The first-order valence-electron chi connectivity index (χ1n) is 9.34. The minimum atomic E-state index is 0.904. The molecule has 0 unspecified atom stereocenters. The molecule has 6 heteroatoms. The van der Waals surface area contributed by atoms with Crippen molar-refractivity contribution in [2.75, 3.05) is 36.4 Å². The van der Waals surface area contributed by atoms with Gasteiger partial charge in [-0.05, 0) is 49.2 Å². The normalized spacial score (nSPS) is 15.1. The summed E-state index contributed by atoms with van der Waals surface area (Å²) in [5.74, 6) is 1.07. The van der Waals surface area contributed by atoms with Gasteiger partial charge < -0.3 is 10.2 Å². The summed E-state index contributed by atoms with van der Waals surface area (Å²) in [5.41, 5.74) is 4.84. The lowest BCUT2D eigenvalue weighted by Gasteiger charge is -2.35. The summed E-state index contributed by atoms with van der Waals surface area (Å²) in [4.78, 5) is 14.0. The Labute approximate surface area is 164 Å². The van der Waals surface area contributed by atoms with Crippen molar-refractivity contribution in [2.24, 2.45) is 0 Å². The van der Waals surface area contributed by atoms with E-state index >= 15 is 0 Å². The molecule has 1 aromatic carbocycles. The summed E-state index contributed by atoms with van der Waals surface area (Å²) in [7, 11) is 0. The van der Waals surface area contributed by atoms with Gasteiger partial charge in [-0.15, -0.1) is 11.3 Å². The maximum absolute atomic E-state index is 4.77. The number of benzene rings is 1. The van der Waals surface area contributed by atoms with Gasteiger partial charge in [0.15, 0.2) is 5.13 Å². The van der Waals surface area contributed by atoms with Gasteiger partial charge in [-0.3, -0.25) is 4.90 Å². The number of rotatable bonds is 5. The molecule has 5 nitrogen and oxygen atoms in total. The highest BCUT2D eigenvalue weighted by Gasteiger charge is 2.18. The number of aryl methyl sites for hydroxylation is 2. The van der Waals surface area contributed by atoms with Crippen LogP contribution in [0.4, 0.5) is 16.6 Å². The number of hydrogen-bond donors (Lipinski definition) is 1. The minimum Gasteiger partial charge on any atom is -0.354 e. The Balaban J connectivity index is 1.31. The number of thiazole rings is 1. The van der Waals surface area contributed by atoms with Crippen LogP contribution in [0.2, 0.25) is 0 Å². The molecule has 0 saturated carbocycles. The van der Waals surface area contributed by atoms with Gasteiger partial charge in [0.1, 0.15) is 5.82 Å². The van der Waals surface area contributed by atoms with Crippen LogP contribution in [0.1, 0.15) is 16.8 Å². The van der Waals surface area contributed by atoms with E-state index < -0.39 is 0 Å². The van der Waals surface area contributed by atoms with Crippen LogP contribution in [-0.2, 0) is 6.54 Å². The van der Waals surface area contributed by atoms with Crippen molar-refractivity contribution in [2.45, 2.75) is 20.4 Å². The first-order valence-corrected chi connectivity index (χ1v) is 10.2. The fourth-order valence-corrected chi connectivity index (χ4v) is 4.01. The lowest BCUT2D eigenvalue weighted by Crippen LogP contribution is -2.46. The molecule has 1 fully saturated rings. The third kappa shape index (κ3) is 4.46. The number of piperazine rings is 1. The van der Waals surface area contributed by atoms with Crippen molar-refractivity contribution in [3.05, 3.63) is 64.8 Å². The largest absolute Gasteiger partial charge is 0.354 e. The zero-order valence-corrected chi connectivity index (χ0v) is 16.7. The van der Waals surface area contributed by atoms with Gasteiger partial charge in [-0.25, -0.2) is 9.97 Å². The van der Waals surface area contributed by atoms with Crippen molar-refractivity contribution >= 4 is 28.0 Å². The van der Waals surface area contributed by atoms with Crippen molar-refractivity contribution in [3.8, 4) is 0 Å². The first-order chi connectivity index (χ1) is 13.2. The molecule has 3 aromatic rings. The van der Waals surface area contributed by atoms with Gasteiger partial charge in [0, 0.05) is 50.0 Å². The van der Waals surface area contributed by atoms with Crippen LogP contribution in [0, 0.1) is 13.8 Å². The molecule has 0 aliphatic carbocycles. The topological polar surface area (TPSA) is 44.3 Å². The van der Waals surface area contributed by atoms with Crippen LogP contribution < -0.4 is 10.2 Å². The average molecular weight is 380 g/mol. The quantitative estimate of drug-likeness (QED) is 0.719. The fourth-order valence-electron chi connectivity index (χ4n) is 3.28. The van der Waals surface area contributed by atoms with Crippen LogP contribution in [-0.4, -0.2) is 41.0 Å². The number of pyridine rings is 1. The van der Waals surface area contributed by atoms with Gasteiger partial charge in [0.2, 0.25) is 0 Å². The van der Waals surface area contributed by atoms with Crippen molar-refractivity contribution in [3.63, 3.8) is 0 Å². The van der Waals surface area contributed by atoms with Crippen LogP contribution in [0.5, 0.6) is 0 Å². The lowest BCUT2D eigenvalue weighted by molar-refractivity contribution is 0.247. The summed E-state index contributed by atoms with van der Waals surface area (Å²) in [6, 6.07) is 12.5. The molecule has 140 valence electrons. The van der Waals surface area contributed by atoms with E-state index in [4.69, 9.17) is 4.98 Å². The van der Waals surface area contributed by atoms with Crippen LogP contribution >= 0.6 is 11.3 Å². The molecule has 1 aliphatic rings. The van der Waals surface area contributed by atoms with E-state index in [9.17, 15) is 0 Å². The van der Waals surface area contributed by atoms with E-state index in [2.05, 4.69) is 63.6 Å². The molecule has 2 aromatic heterocycles. The molecular formula is C21H25N5S. The van der Waals surface area contributed by atoms with E-state index in [1.165, 1.54) is 11.1 Å². The molecule has 0 radical (unpaired) electrons. The summed E-state index contributed by atoms with van der Waals surface area (Å²) < 4.78 is 0. The average Bonchev–Trinajstić information content (AvgIpc) is 3.13. The molecule has 0 spiro atoms. The maximum atomic E-state index is 4.77. The maximum Gasteiger partial charge on any atom is 0.187 e. The first kappa shape index (κ1) is 17.9.